The van der Waals surface area contributed by atoms with Gasteiger partial charge in [-0.3, -0.25) is 0 Å². The van der Waals surface area contributed by atoms with E-state index in [9.17, 15) is 9.59 Å². The molecule has 4 nitrogen and oxygen atoms in total. The number of carbonyl (C=O) groups is 2. The van der Waals surface area contributed by atoms with E-state index in [0.29, 0.717) is 36.2 Å². The molecule has 1 aromatic rings. The van der Waals surface area contributed by atoms with Crippen molar-refractivity contribution in [2.45, 2.75) is 285 Å². The highest BCUT2D eigenvalue weighted by Gasteiger charge is 2.20. The molecule has 1 aromatic carbocycles. The molecule has 0 fully saturated rings. The second-order valence-corrected chi connectivity index (χ2v) is 18.9. The van der Waals surface area contributed by atoms with Crippen LogP contribution in [0.25, 0.3) is 0 Å². The van der Waals surface area contributed by atoms with Crippen molar-refractivity contribution in [2.75, 3.05) is 13.2 Å². The monoisotopic (exact) mass is 839 g/mol. The predicted octanol–water partition coefficient (Wildman–Crippen LogP) is 18.9. The number of hydrogen-bond acceptors (Lipinski definition) is 4. The fourth-order valence-electron chi connectivity index (χ4n) is 9.12. The van der Waals surface area contributed by atoms with Crippen LogP contribution in [0.3, 0.4) is 0 Å². The van der Waals surface area contributed by atoms with Gasteiger partial charge in [-0.2, -0.15) is 0 Å². The molecule has 0 heterocycles. The minimum absolute atomic E-state index is 0.338. The fourth-order valence-corrected chi connectivity index (χ4v) is 9.12. The molecular weight excluding hydrogens is 737 g/mol. The van der Waals surface area contributed by atoms with Crippen LogP contribution in [0.15, 0.2) is 24.3 Å². The summed E-state index contributed by atoms with van der Waals surface area (Å²) in [6, 6.07) is 7.11. The standard InChI is InChI=1S/C56H102O4/c1-5-9-13-17-21-23-25-27-29-33-37-43-51(41-35-31-19-15-11-7-3)47-49-59-55(57)53-45-39-40-46-54(53)56(58)60-50-48-52(42-36-32-20-16-12-8-4)44-38-34-30-28-26-24-22-18-14-10-6-2/h39-40,45-46,51-52H,5-38,41-44,47-50H2,1-4H3. The quantitative estimate of drug-likeness (QED) is 0.0485. The van der Waals surface area contributed by atoms with E-state index in [0.717, 1.165) is 12.8 Å². The Bertz CT molecular complexity index is 984. The lowest BCUT2D eigenvalue weighted by Crippen LogP contribution is -2.17. The number of rotatable bonds is 46. The van der Waals surface area contributed by atoms with Gasteiger partial charge < -0.3 is 9.47 Å². The van der Waals surface area contributed by atoms with Gasteiger partial charge in [0, 0.05) is 0 Å². The molecule has 0 saturated carbocycles. The summed E-state index contributed by atoms with van der Waals surface area (Å²) >= 11 is 0. The van der Waals surface area contributed by atoms with Crippen molar-refractivity contribution in [1.82, 2.24) is 0 Å². The van der Waals surface area contributed by atoms with Gasteiger partial charge in [0.25, 0.3) is 0 Å². The average molecular weight is 839 g/mol. The molecule has 1 rings (SSSR count). The predicted molar refractivity (Wildman–Crippen MR) is 261 cm³/mol. The molecule has 2 atom stereocenters. The van der Waals surface area contributed by atoms with Crippen LogP contribution in [0.1, 0.15) is 305 Å². The lowest BCUT2D eigenvalue weighted by molar-refractivity contribution is 0.0430. The maximum atomic E-state index is 13.4. The lowest BCUT2D eigenvalue weighted by atomic mass is 9.91. The molecule has 0 aliphatic rings. The molecule has 350 valence electrons. The van der Waals surface area contributed by atoms with E-state index in [-0.39, 0.29) is 0 Å². The van der Waals surface area contributed by atoms with Crippen molar-refractivity contribution in [1.29, 1.82) is 0 Å². The summed E-state index contributed by atoms with van der Waals surface area (Å²) < 4.78 is 11.8. The molecule has 0 aliphatic heterocycles. The van der Waals surface area contributed by atoms with Crippen molar-refractivity contribution < 1.29 is 19.1 Å². The van der Waals surface area contributed by atoms with Gasteiger partial charge >= 0.3 is 11.9 Å². The third-order valence-electron chi connectivity index (χ3n) is 13.2. The van der Waals surface area contributed by atoms with Crippen LogP contribution in [0.4, 0.5) is 0 Å². The molecule has 0 saturated heterocycles. The van der Waals surface area contributed by atoms with Gasteiger partial charge in [-0.05, 0) is 36.8 Å². The Balaban J connectivity index is 2.58. The first-order valence-electron chi connectivity index (χ1n) is 27.0. The third-order valence-corrected chi connectivity index (χ3v) is 13.2. The Morgan fingerprint density at radius 3 is 0.783 bits per heavy atom. The highest BCUT2D eigenvalue weighted by Crippen LogP contribution is 2.25. The molecule has 4 heteroatoms. The molecule has 2 unspecified atom stereocenters. The van der Waals surface area contributed by atoms with E-state index in [1.54, 1.807) is 12.1 Å². The Labute approximate surface area is 374 Å². The summed E-state index contributed by atoms with van der Waals surface area (Å²) in [5.41, 5.74) is 0.676. The molecule has 60 heavy (non-hydrogen) atoms. The molecule has 0 radical (unpaired) electrons. The lowest BCUT2D eigenvalue weighted by Gasteiger charge is -2.18. The topological polar surface area (TPSA) is 52.6 Å². The van der Waals surface area contributed by atoms with Gasteiger partial charge in [0.2, 0.25) is 0 Å². The summed E-state index contributed by atoms with van der Waals surface area (Å²) in [7, 11) is 0. The SMILES string of the molecule is CCCCCCCCCCCCCC(CCCCCCCC)CCOC(=O)c1ccccc1C(=O)OCCC(CCCCCCCC)CCCCCCCCCCCCC. The summed E-state index contributed by atoms with van der Waals surface area (Å²) in [6.07, 6.45) is 52.6. The van der Waals surface area contributed by atoms with Gasteiger partial charge in [-0.1, -0.05) is 284 Å². The van der Waals surface area contributed by atoms with Crippen LogP contribution in [0.5, 0.6) is 0 Å². The third kappa shape index (κ3) is 33.7. The number of esters is 2. The zero-order valence-corrected chi connectivity index (χ0v) is 40.8. The van der Waals surface area contributed by atoms with E-state index in [4.69, 9.17) is 9.47 Å². The maximum Gasteiger partial charge on any atom is 0.339 e. The maximum absolute atomic E-state index is 13.4. The van der Waals surface area contributed by atoms with Crippen LogP contribution >= 0.6 is 0 Å². The van der Waals surface area contributed by atoms with Crippen molar-refractivity contribution in [3.05, 3.63) is 35.4 Å². The Hall–Kier alpha value is -1.84. The highest BCUT2D eigenvalue weighted by atomic mass is 16.5. The second-order valence-electron chi connectivity index (χ2n) is 18.9. The molecule has 0 spiro atoms. The van der Waals surface area contributed by atoms with Crippen LogP contribution in [0, 0.1) is 11.8 Å². The first kappa shape index (κ1) is 56.2. The average Bonchev–Trinajstić information content (AvgIpc) is 3.26. The number of hydrogen-bond donors (Lipinski definition) is 0. The fraction of sp³-hybridized carbons (Fsp3) is 0.857. The highest BCUT2D eigenvalue weighted by molar-refractivity contribution is 6.03. The van der Waals surface area contributed by atoms with Crippen molar-refractivity contribution >= 4 is 11.9 Å². The summed E-state index contributed by atoms with van der Waals surface area (Å²) in [4.78, 5) is 26.8. The van der Waals surface area contributed by atoms with E-state index >= 15 is 0 Å². The summed E-state index contributed by atoms with van der Waals surface area (Å²) in [5, 5.41) is 0. The Kier molecular flexibility index (Phi) is 41.0. The number of benzene rings is 1. The summed E-state index contributed by atoms with van der Waals surface area (Å²) in [5.74, 6) is 0.398. The van der Waals surface area contributed by atoms with Crippen molar-refractivity contribution in [3.8, 4) is 0 Å². The van der Waals surface area contributed by atoms with Crippen LogP contribution in [-0.2, 0) is 9.47 Å². The zero-order valence-electron chi connectivity index (χ0n) is 40.8. The molecule has 0 aromatic heterocycles. The molecule has 0 bridgehead atoms. The van der Waals surface area contributed by atoms with Gasteiger partial charge in [-0.25, -0.2) is 9.59 Å². The number of carbonyl (C=O) groups excluding carboxylic acids is 2. The van der Waals surface area contributed by atoms with Gasteiger partial charge in [0.05, 0.1) is 24.3 Å². The van der Waals surface area contributed by atoms with E-state index in [1.165, 1.54) is 244 Å². The van der Waals surface area contributed by atoms with Crippen molar-refractivity contribution in [3.63, 3.8) is 0 Å². The molecular formula is C56H102O4. The van der Waals surface area contributed by atoms with Crippen molar-refractivity contribution in [2.24, 2.45) is 11.8 Å². The minimum Gasteiger partial charge on any atom is -0.462 e. The normalized spacial score (nSPS) is 12.5. The largest absolute Gasteiger partial charge is 0.462 e. The molecule has 0 amide bonds. The molecule has 0 aliphatic carbocycles. The van der Waals surface area contributed by atoms with Crippen LogP contribution in [-0.4, -0.2) is 25.2 Å². The van der Waals surface area contributed by atoms with E-state index in [2.05, 4.69) is 27.7 Å². The number of unbranched alkanes of at least 4 members (excludes halogenated alkanes) is 30. The van der Waals surface area contributed by atoms with Gasteiger partial charge in [-0.15, -0.1) is 0 Å². The van der Waals surface area contributed by atoms with Gasteiger partial charge in [0.15, 0.2) is 0 Å². The van der Waals surface area contributed by atoms with Gasteiger partial charge in [0.1, 0.15) is 0 Å². The summed E-state index contributed by atoms with van der Waals surface area (Å²) in [6.45, 7) is 9.97. The van der Waals surface area contributed by atoms with E-state index < -0.39 is 11.9 Å². The van der Waals surface area contributed by atoms with Crippen LogP contribution < -0.4 is 0 Å². The number of ether oxygens (including phenoxy) is 2. The second kappa shape index (κ2) is 43.8. The van der Waals surface area contributed by atoms with Crippen LogP contribution in [0.2, 0.25) is 0 Å². The smallest absolute Gasteiger partial charge is 0.339 e. The van der Waals surface area contributed by atoms with E-state index in [1.807, 2.05) is 12.1 Å². The Morgan fingerprint density at radius 1 is 0.333 bits per heavy atom. The first-order chi connectivity index (χ1) is 29.6. The zero-order chi connectivity index (χ0) is 43.4. The minimum atomic E-state index is -0.395. The molecule has 0 N–H and O–H groups in total. The Morgan fingerprint density at radius 2 is 0.550 bits per heavy atom. The first-order valence-corrected chi connectivity index (χ1v) is 27.0.